The molecule has 1 aliphatic carbocycles. The van der Waals surface area contributed by atoms with Crippen LogP contribution in [-0.4, -0.2) is 40.5 Å². The summed E-state index contributed by atoms with van der Waals surface area (Å²) in [6.45, 7) is 1.92. The van der Waals surface area contributed by atoms with E-state index in [2.05, 4.69) is 10.0 Å². The number of fused-ring (bicyclic) bond motifs is 1. The number of nitrogens with one attached hydrogen (secondary N) is 2. The van der Waals surface area contributed by atoms with E-state index in [0.717, 1.165) is 24.0 Å². The number of piperazine rings is 1. The van der Waals surface area contributed by atoms with E-state index < -0.39 is 27.8 Å². The number of amides is 1. The molecule has 10 heteroatoms. The Hall–Kier alpha value is -4.28. The molecule has 1 aliphatic heterocycles. The number of carbonyl (C=O) groups is 1. The second-order valence-corrected chi connectivity index (χ2v) is 12.5. The Labute approximate surface area is 250 Å². The molecule has 4 aromatic carbocycles. The summed E-state index contributed by atoms with van der Waals surface area (Å²) in [7, 11) is -4.08. The first-order valence-corrected chi connectivity index (χ1v) is 15.8. The number of carbonyl (C=O) groups excluding carboxylic acids is 1. The van der Waals surface area contributed by atoms with Crippen LogP contribution in [0.15, 0.2) is 95.9 Å². The van der Waals surface area contributed by atoms with Gasteiger partial charge in [-0.2, -0.15) is 0 Å². The van der Waals surface area contributed by atoms with Crippen LogP contribution in [0.4, 0.5) is 25.8 Å². The summed E-state index contributed by atoms with van der Waals surface area (Å²) >= 11 is 0. The summed E-state index contributed by atoms with van der Waals surface area (Å²) in [5.74, 6) is -1.65. The van der Waals surface area contributed by atoms with Crippen LogP contribution in [0, 0.1) is 11.6 Å². The van der Waals surface area contributed by atoms with Crippen molar-refractivity contribution in [1.29, 1.82) is 0 Å². The van der Waals surface area contributed by atoms with Gasteiger partial charge in [0.25, 0.3) is 5.91 Å². The Morgan fingerprint density at radius 2 is 1.42 bits per heavy atom. The van der Waals surface area contributed by atoms with Crippen molar-refractivity contribution in [1.82, 2.24) is 4.72 Å². The third-order valence-electron chi connectivity index (χ3n) is 8.11. The lowest BCUT2D eigenvalue weighted by molar-refractivity contribution is 0.102. The first-order valence-electron chi connectivity index (χ1n) is 14.3. The summed E-state index contributed by atoms with van der Waals surface area (Å²) in [6.07, 6.45) is 2.41. The van der Waals surface area contributed by atoms with Crippen molar-refractivity contribution in [3.63, 3.8) is 0 Å². The minimum absolute atomic E-state index is 0.0150. The summed E-state index contributed by atoms with van der Waals surface area (Å²) in [5.41, 5.74) is 3.16. The highest BCUT2D eigenvalue weighted by Crippen LogP contribution is 2.35. The van der Waals surface area contributed by atoms with Gasteiger partial charge in [-0.25, -0.2) is 21.9 Å². The van der Waals surface area contributed by atoms with Gasteiger partial charge in [0.15, 0.2) is 0 Å². The molecule has 1 amide bonds. The average molecular weight is 603 g/mol. The molecule has 6 rings (SSSR count). The SMILES string of the molecule is O=C(Nc1ccc(N2CCN(c3ccccc3F)CC2)c(S(=O)(=O)NC2CCCc3ccccc32)c1)c1ccccc1F. The molecule has 0 aromatic heterocycles. The van der Waals surface area contributed by atoms with E-state index in [1.807, 2.05) is 34.1 Å². The molecule has 1 fully saturated rings. The van der Waals surface area contributed by atoms with Gasteiger partial charge in [-0.15, -0.1) is 0 Å². The van der Waals surface area contributed by atoms with Gasteiger partial charge in [-0.1, -0.05) is 48.5 Å². The molecule has 2 aliphatic rings. The van der Waals surface area contributed by atoms with Crippen LogP contribution in [0.1, 0.15) is 40.4 Å². The Balaban J connectivity index is 1.31. The maximum atomic E-state index is 14.4. The van der Waals surface area contributed by atoms with Crippen molar-refractivity contribution in [2.75, 3.05) is 41.3 Å². The predicted molar refractivity (Wildman–Crippen MR) is 164 cm³/mol. The van der Waals surface area contributed by atoms with Crippen molar-refractivity contribution >= 4 is 33.0 Å². The normalized spacial score (nSPS) is 16.9. The number of benzene rings is 4. The molecule has 43 heavy (non-hydrogen) atoms. The van der Waals surface area contributed by atoms with Crippen LogP contribution in [0.2, 0.25) is 0 Å². The van der Waals surface area contributed by atoms with Crippen molar-refractivity contribution in [3.05, 3.63) is 119 Å². The van der Waals surface area contributed by atoms with E-state index in [1.165, 1.54) is 30.3 Å². The molecular weight excluding hydrogens is 570 g/mol. The third-order valence-corrected chi connectivity index (χ3v) is 9.61. The molecule has 1 unspecified atom stereocenters. The van der Waals surface area contributed by atoms with Gasteiger partial charge < -0.3 is 15.1 Å². The molecule has 4 aromatic rings. The van der Waals surface area contributed by atoms with Crippen molar-refractivity contribution in [2.24, 2.45) is 0 Å². The fourth-order valence-corrected chi connectivity index (χ4v) is 7.44. The van der Waals surface area contributed by atoms with Crippen LogP contribution < -0.4 is 19.8 Å². The number of para-hydroxylation sites is 1. The number of halogens is 2. The smallest absolute Gasteiger partial charge is 0.258 e. The van der Waals surface area contributed by atoms with E-state index in [0.29, 0.717) is 44.0 Å². The van der Waals surface area contributed by atoms with E-state index in [-0.39, 0.29) is 22.0 Å². The van der Waals surface area contributed by atoms with E-state index in [4.69, 9.17) is 0 Å². The maximum Gasteiger partial charge on any atom is 0.258 e. The van der Waals surface area contributed by atoms with Crippen molar-refractivity contribution < 1.29 is 22.0 Å². The summed E-state index contributed by atoms with van der Waals surface area (Å²) in [6, 6.07) is 24.4. The van der Waals surface area contributed by atoms with Crippen molar-refractivity contribution in [2.45, 2.75) is 30.2 Å². The number of sulfonamides is 1. The molecule has 0 spiro atoms. The zero-order valence-corrected chi connectivity index (χ0v) is 24.3. The van der Waals surface area contributed by atoms with Gasteiger partial charge in [0, 0.05) is 37.9 Å². The molecular formula is C33H32F2N4O3S. The van der Waals surface area contributed by atoms with Gasteiger partial charge in [0.05, 0.1) is 16.9 Å². The Morgan fingerprint density at radius 1 is 0.767 bits per heavy atom. The van der Waals surface area contributed by atoms with Gasteiger partial charge in [0.2, 0.25) is 10.0 Å². The van der Waals surface area contributed by atoms with Crippen LogP contribution in [0.25, 0.3) is 0 Å². The molecule has 1 atom stereocenters. The zero-order valence-electron chi connectivity index (χ0n) is 23.5. The standard InChI is InChI=1S/C33H32F2N4O3S/c34-27-12-4-3-11-26(27)33(40)36-24-16-17-31(39-20-18-38(19-21-39)30-15-6-5-13-28(30)35)32(22-24)43(41,42)37-29-14-7-9-23-8-1-2-10-25(23)29/h1-6,8,10-13,15-17,22,29,37H,7,9,14,18-21H2,(H,36,40). The Kier molecular flexibility index (Phi) is 8.14. The largest absolute Gasteiger partial charge is 0.367 e. The number of hydrogen-bond donors (Lipinski definition) is 2. The highest BCUT2D eigenvalue weighted by Gasteiger charge is 2.30. The second kappa shape index (κ2) is 12.1. The minimum Gasteiger partial charge on any atom is -0.367 e. The fraction of sp³-hybridized carbons (Fsp3) is 0.242. The molecule has 222 valence electrons. The molecule has 0 radical (unpaired) electrons. The van der Waals surface area contributed by atoms with Gasteiger partial charge >= 0.3 is 0 Å². The number of aryl methyl sites for hydroxylation is 1. The zero-order chi connectivity index (χ0) is 30.0. The van der Waals surface area contributed by atoms with Crippen LogP contribution in [0.3, 0.4) is 0 Å². The third kappa shape index (κ3) is 6.11. The van der Waals surface area contributed by atoms with Crippen molar-refractivity contribution in [3.8, 4) is 0 Å². The highest BCUT2D eigenvalue weighted by molar-refractivity contribution is 7.89. The predicted octanol–water partition coefficient (Wildman–Crippen LogP) is 5.90. The van der Waals surface area contributed by atoms with E-state index in [1.54, 1.807) is 36.4 Å². The highest BCUT2D eigenvalue weighted by atomic mass is 32.2. The summed E-state index contributed by atoms with van der Waals surface area (Å²) in [4.78, 5) is 16.8. The lowest BCUT2D eigenvalue weighted by Gasteiger charge is -2.38. The van der Waals surface area contributed by atoms with E-state index in [9.17, 15) is 22.0 Å². The van der Waals surface area contributed by atoms with Gasteiger partial charge in [-0.05, 0) is 72.9 Å². The van der Waals surface area contributed by atoms with Gasteiger partial charge in [-0.3, -0.25) is 4.79 Å². The molecule has 1 heterocycles. The quantitative estimate of drug-likeness (QED) is 0.275. The lowest BCUT2D eigenvalue weighted by Crippen LogP contribution is -2.47. The first-order chi connectivity index (χ1) is 20.8. The Bertz CT molecular complexity index is 1760. The Morgan fingerprint density at radius 3 is 2.16 bits per heavy atom. The molecule has 0 bridgehead atoms. The molecule has 7 nitrogen and oxygen atoms in total. The van der Waals surface area contributed by atoms with Crippen LogP contribution >= 0.6 is 0 Å². The topological polar surface area (TPSA) is 81.8 Å². The van der Waals surface area contributed by atoms with E-state index >= 15 is 0 Å². The lowest BCUT2D eigenvalue weighted by atomic mass is 9.88. The second-order valence-electron chi connectivity index (χ2n) is 10.8. The number of rotatable bonds is 7. The fourth-order valence-electron chi connectivity index (χ4n) is 5.94. The minimum atomic E-state index is -4.08. The summed E-state index contributed by atoms with van der Waals surface area (Å²) in [5, 5.41) is 2.66. The molecule has 0 saturated carbocycles. The monoisotopic (exact) mass is 602 g/mol. The average Bonchev–Trinajstić information content (AvgIpc) is 3.02. The maximum absolute atomic E-state index is 14.4. The van der Waals surface area contributed by atoms with Gasteiger partial charge in [0.1, 0.15) is 16.5 Å². The van der Waals surface area contributed by atoms with Crippen LogP contribution in [0.5, 0.6) is 0 Å². The summed E-state index contributed by atoms with van der Waals surface area (Å²) < 4.78 is 59.8. The first kappa shape index (κ1) is 28.8. The van der Waals surface area contributed by atoms with Crippen LogP contribution in [-0.2, 0) is 16.4 Å². The number of nitrogens with zero attached hydrogens (tertiary/aromatic N) is 2. The molecule has 2 N–H and O–H groups in total. The molecule has 1 saturated heterocycles. The number of hydrogen-bond acceptors (Lipinski definition) is 5. The number of anilines is 3.